The maximum Gasteiger partial charge on any atom is 0.136 e. The van der Waals surface area contributed by atoms with Crippen LogP contribution in [0.5, 0.6) is 0 Å². The Labute approximate surface area is 249 Å². The van der Waals surface area contributed by atoms with Crippen LogP contribution in [0.1, 0.15) is 18.1 Å². The maximum atomic E-state index is 6.18. The van der Waals surface area contributed by atoms with Crippen molar-refractivity contribution in [3.05, 3.63) is 139 Å². The lowest BCUT2D eigenvalue weighted by atomic mass is 9.89. The van der Waals surface area contributed by atoms with Crippen molar-refractivity contribution in [2.75, 3.05) is 0 Å². The smallest absolute Gasteiger partial charge is 0.136 e. The van der Waals surface area contributed by atoms with Crippen molar-refractivity contribution in [1.29, 1.82) is 0 Å². The third kappa shape index (κ3) is 3.94. The second-order valence-electron chi connectivity index (χ2n) is 12.0. The highest BCUT2D eigenvalue weighted by Gasteiger charge is 2.16. The van der Waals surface area contributed by atoms with Gasteiger partial charge in [-0.1, -0.05) is 97.9 Å². The van der Waals surface area contributed by atoms with Gasteiger partial charge in [-0.3, -0.25) is 0 Å². The first-order valence-corrected chi connectivity index (χ1v) is 15.1. The second kappa shape index (κ2) is 9.34. The fraction of sp³-hybridized carbons (Fsp3) is 0.0732. The highest BCUT2D eigenvalue weighted by molar-refractivity contribution is 6.12. The number of benzene rings is 6. The Morgan fingerprint density at radius 3 is 2.14 bits per heavy atom. The van der Waals surface area contributed by atoms with Gasteiger partial charge in [0, 0.05) is 32.6 Å². The summed E-state index contributed by atoms with van der Waals surface area (Å²) in [5, 5.41) is 4.90. The Morgan fingerprint density at radius 1 is 0.581 bits per heavy atom. The van der Waals surface area contributed by atoms with Gasteiger partial charge < -0.3 is 9.40 Å². The van der Waals surface area contributed by atoms with E-state index >= 15 is 0 Å². The number of furan rings is 1. The minimum atomic E-state index is 0.583. The lowest BCUT2D eigenvalue weighted by molar-refractivity contribution is 0.669. The lowest BCUT2D eigenvalue weighted by Crippen LogP contribution is -2.02. The zero-order chi connectivity index (χ0) is 28.5. The summed E-state index contributed by atoms with van der Waals surface area (Å²) < 4.78 is 6.18. The fourth-order valence-corrected chi connectivity index (χ4v) is 6.94. The third-order valence-electron chi connectivity index (χ3n) is 9.12. The topological polar surface area (TPSA) is 28.9 Å². The summed E-state index contributed by atoms with van der Waals surface area (Å²) in [5.41, 5.74) is 14.2. The van der Waals surface area contributed by atoms with Crippen molar-refractivity contribution >= 4 is 49.8 Å². The molecule has 0 saturated carbocycles. The van der Waals surface area contributed by atoms with E-state index in [1.807, 2.05) is 12.1 Å². The van der Waals surface area contributed by atoms with Crippen LogP contribution in [0.4, 0.5) is 0 Å². The van der Waals surface area contributed by atoms with Crippen molar-refractivity contribution < 1.29 is 4.42 Å². The molecule has 2 nitrogen and oxygen atoms in total. The molecule has 1 atom stereocenters. The molecule has 2 aromatic heterocycles. The minimum Gasteiger partial charge on any atom is -0.456 e. The number of fused-ring (bicyclic) bond motifs is 7. The number of hydrogen-bond donors (Lipinski definition) is 1. The fourth-order valence-electron chi connectivity index (χ4n) is 6.94. The molecule has 9 rings (SSSR count). The summed E-state index contributed by atoms with van der Waals surface area (Å²) in [5.74, 6) is 0.583. The lowest BCUT2D eigenvalue weighted by Gasteiger charge is -2.15. The van der Waals surface area contributed by atoms with Crippen molar-refractivity contribution in [2.24, 2.45) is 5.92 Å². The summed E-state index contributed by atoms with van der Waals surface area (Å²) in [6, 6.07) is 43.9. The molecule has 2 heterocycles. The van der Waals surface area contributed by atoms with E-state index < -0.39 is 0 Å². The van der Waals surface area contributed by atoms with Crippen LogP contribution in [0.15, 0.2) is 132 Å². The van der Waals surface area contributed by atoms with Crippen molar-refractivity contribution in [3.8, 4) is 33.4 Å². The van der Waals surface area contributed by atoms with Crippen molar-refractivity contribution in [1.82, 2.24) is 4.98 Å². The molecular formula is C41H29NO. The predicted octanol–water partition coefficient (Wildman–Crippen LogP) is 11.4. The number of H-pyrrole nitrogens is 1. The minimum absolute atomic E-state index is 0.583. The first kappa shape index (κ1) is 24.3. The molecule has 0 saturated heterocycles. The Hall–Kier alpha value is -5.34. The Bertz CT molecular complexity index is 2400. The summed E-state index contributed by atoms with van der Waals surface area (Å²) in [7, 11) is 0. The van der Waals surface area contributed by atoms with Gasteiger partial charge in [-0.05, 0) is 93.7 Å². The average molecular weight is 552 g/mol. The monoisotopic (exact) mass is 551 g/mol. The van der Waals surface area contributed by atoms with E-state index in [0.29, 0.717) is 5.92 Å². The summed E-state index contributed by atoms with van der Waals surface area (Å²) in [6.45, 7) is 2.29. The maximum absolute atomic E-state index is 6.18. The number of aromatic nitrogens is 1. The van der Waals surface area contributed by atoms with Crippen molar-refractivity contribution in [3.63, 3.8) is 0 Å². The molecule has 204 valence electrons. The van der Waals surface area contributed by atoms with E-state index in [9.17, 15) is 0 Å². The molecule has 1 N–H and O–H groups in total. The van der Waals surface area contributed by atoms with E-state index in [0.717, 1.165) is 33.9 Å². The quantitative estimate of drug-likeness (QED) is 0.232. The van der Waals surface area contributed by atoms with E-state index in [2.05, 4.69) is 133 Å². The SMILES string of the molecule is CC1C=Cc2cc3[nH]c4c(-c5cccc(-c6cccc(-c7ccc8c(c7)oc7ccccc78)c6)c5)cccc4c3cc2C1. The molecule has 43 heavy (non-hydrogen) atoms. The Balaban J connectivity index is 1.12. The first-order valence-electron chi connectivity index (χ1n) is 15.1. The van der Waals surface area contributed by atoms with Crippen LogP contribution in [0, 0.1) is 5.92 Å². The van der Waals surface area contributed by atoms with Crippen LogP contribution in [0.25, 0.3) is 83.2 Å². The van der Waals surface area contributed by atoms with Gasteiger partial charge in [-0.25, -0.2) is 0 Å². The van der Waals surface area contributed by atoms with Crippen LogP contribution in [-0.4, -0.2) is 4.98 Å². The van der Waals surface area contributed by atoms with Crippen LogP contribution in [0.2, 0.25) is 0 Å². The van der Waals surface area contributed by atoms with Gasteiger partial charge in [0.15, 0.2) is 0 Å². The molecule has 1 aliphatic carbocycles. The highest BCUT2D eigenvalue weighted by atomic mass is 16.3. The number of nitrogens with one attached hydrogen (secondary N) is 1. The number of allylic oxidation sites excluding steroid dienone is 1. The number of para-hydroxylation sites is 2. The van der Waals surface area contributed by atoms with Gasteiger partial charge in [0.25, 0.3) is 0 Å². The highest BCUT2D eigenvalue weighted by Crippen LogP contribution is 2.38. The molecule has 8 aromatic rings. The molecular weight excluding hydrogens is 522 g/mol. The zero-order valence-corrected chi connectivity index (χ0v) is 23.9. The molecule has 1 aliphatic rings. The normalized spacial score (nSPS) is 14.7. The van der Waals surface area contributed by atoms with Crippen LogP contribution >= 0.6 is 0 Å². The number of aromatic amines is 1. The second-order valence-corrected chi connectivity index (χ2v) is 12.0. The van der Waals surface area contributed by atoms with Gasteiger partial charge in [0.2, 0.25) is 0 Å². The predicted molar refractivity (Wildman–Crippen MR) is 181 cm³/mol. The van der Waals surface area contributed by atoms with Crippen molar-refractivity contribution in [2.45, 2.75) is 13.3 Å². The van der Waals surface area contributed by atoms with Gasteiger partial charge in [0.05, 0.1) is 5.52 Å². The summed E-state index contributed by atoms with van der Waals surface area (Å²) in [4.78, 5) is 3.78. The van der Waals surface area contributed by atoms with Gasteiger partial charge >= 0.3 is 0 Å². The standard InChI is InChI=1S/C41H29NO/c1-25-15-16-29-23-38-37(22-32(29)19-25)36-13-6-12-33(41(36)42-38)31-10-5-9-28(21-31)26-7-4-8-27(20-26)30-17-18-35-34-11-2-3-14-39(34)43-40(35)24-30/h2-18,20-25,42H,19H2,1H3. The van der Waals surface area contributed by atoms with E-state index in [-0.39, 0.29) is 0 Å². The number of rotatable bonds is 3. The molecule has 0 spiro atoms. The largest absolute Gasteiger partial charge is 0.456 e. The molecule has 0 fully saturated rings. The van der Waals surface area contributed by atoms with Crippen LogP contribution in [0.3, 0.4) is 0 Å². The summed E-state index contributed by atoms with van der Waals surface area (Å²) >= 11 is 0. The molecule has 0 bridgehead atoms. The zero-order valence-electron chi connectivity index (χ0n) is 23.9. The van der Waals surface area contributed by atoms with Gasteiger partial charge in [-0.15, -0.1) is 0 Å². The van der Waals surface area contributed by atoms with Gasteiger partial charge in [0.1, 0.15) is 11.2 Å². The van der Waals surface area contributed by atoms with E-state index in [4.69, 9.17) is 4.42 Å². The molecule has 0 aliphatic heterocycles. The Kier molecular flexibility index (Phi) is 5.27. The van der Waals surface area contributed by atoms with E-state index in [1.165, 1.54) is 60.8 Å². The molecule has 1 unspecified atom stereocenters. The Morgan fingerprint density at radius 2 is 1.28 bits per heavy atom. The molecule has 0 amide bonds. The summed E-state index contributed by atoms with van der Waals surface area (Å²) in [6.07, 6.45) is 5.70. The molecule has 6 aromatic carbocycles. The molecule has 2 heteroatoms. The number of hydrogen-bond acceptors (Lipinski definition) is 1. The van der Waals surface area contributed by atoms with Crippen LogP contribution in [-0.2, 0) is 6.42 Å². The average Bonchev–Trinajstić information content (AvgIpc) is 3.61. The molecule has 0 radical (unpaired) electrons. The van der Waals surface area contributed by atoms with E-state index in [1.54, 1.807) is 0 Å². The first-order chi connectivity index (χ1) is 21.2. The van der Waals surface area contributed by atoms with Crippen LogP contribution < -0.4 is 0 Å². The van der Waals surface area contributed by atoms with Gasteiger partial charge in [-0.2, -0.15) is 0 Å². The third-order valence-corrected chi connectivity index (χ3v) is 9.12.